The molecule has 0 fully saturated rings. The maximum atomic E-state index is 13.0. The van der Waals surface area contributed by atoms with Crippen LogP contribution in [0.1, 0.15) is 17.3 Å². The van der Waals surface area contributed by atoms with E-state index >= 15 is 0 Å². The van der Waals surface area contributed by atoms with Crippen LogP contribution in [-0.4, -0.2) is 68.1 Å². The lowest BCUT2D eigenvalue weighted by Crippen LogP contribution is -2.55. The highest BCUT2D eigenvalue weighted by Crippen LogP contribution is 2.34. The molecule has 4 atom stereocenters. The molecule has 6 N–H and O–H groups in total. The van der Waals surface area contributed by atoms with Gasteiger partial charge in [-0.05, 0) is 28.1 Å². The third-order valence-corrected chi connectivity index (χ3v) is 5.20. The summed E-state index contributed by atoms with van der Waals surface area (Å²) in [5, 5.41) is 41.6. The van der Waals surface area contributed by atoms with Gasteiger partial charge in [-0.1, -0.05) is 11.6 Å². The average molecular weight is 450 g/mol. The number of fused-ring (bicyclic) bond motifs is 1. The van der Waals surface area contributed by atoms with E-state index in [1.807, 2.05) is 0 Å². The number of carbonyl (C=O) groups excluding carboxylic acids is 2. The van der Waals surface area contributed by atoms with Gasteiger partial charge in [-0.25, -0.2) is 0 Å². The number of carbonyl (C=O) groups is 2. The fourth-order valence-corrected chi connectivity index (χ4v) is 3.17. The molecular formula is C16H18BrClN2O6. The van der Waals surface area contributed by atoms with E-state index in [1.54, 1.807) is 12.1 Å². The third kappa shape index (κ3) is 4.08. The topological polar surface area (TPSA) is 143 Å². The van der Waals surface area contributed by atoms with Crippen molar-refractivity contribution >= 4 is 50.1 Å². The Morgan fingerprint density at radius 2 is 1.92 bits per heavy atom. The molecule has 0 saturated heterocycles. The number of rotatable bonds is 7. The molecule has 0 spiro atoms. The molecule has 1 amide bonds. The second kappa shape index (κ2) is 8.47. The molecule has 0 saturated carbocycles. The van der Waals surface area contributed by atoms with E-state index in [0.717, 1.165) is 6.92 Å². The van der Waals surface area contributed by atoms with E-state index in [9.17, 15) is 24.9 Å². The van der Waals surface area contributed by atoms with Gasteiger partial charge in [0.15, 0.2) is 5.78 Å². The van der Waals surface area contributed by atoms with Crippen molar-refractivity contribution in [3.8, 4) is 0 Å². The highest BCUT2D eigenvalue weighted by molar-refractivity contribution is 9.10. The molecule has 2 rings (SSSR count). The Balaban J connectivity index is 2.47. The lowest BCUT2D eigenvalue weighted by Gasteiger charge is -2.28. The minimum Gasteiger partial charge on any atom is -0.394 e. The zero-order valence-electron chi connectivity index (χ0n) is 13.6. The molecule has 26 heavy (non-hydrogen) atoms. The second-order valence-electron chi connectivity index (χ2n) is 5.76. The molecule has 1 aromatic carbocycles. The number of H-pyrrole nitrogens is 1. The van der Waals surface area contributed by atoms with Crippen LogP contribution in [0.4, 0.5) is 0 Å². The Morgan fingerprint density at radius 3 is 2.50 bits per heavy atom. The predicted molar refractivity (Wildman–Crippen MR) is 98.1 cm³/mol. The van der Waals surface area contributed by atoms with Crippen LogP contribution >= 0.6 is 27.5 Å². The number of hydrogen-bond donors (Lipinski definition) is 6. The van der Waals surface area contributed by atoms with E-state index in [1.165, 1.54) is 6.20 Å². The number of Topliss-reactive ketones (excluding diaryl/α,β-unsaturated/α-hetero) is 1. The fraction of sp³-hybridized carbons (Fsp3) is 0.375. The van der Waals surface area contributed by atoms with Gasteiger partial charge in [0.1, 0.15) is 24.4 Å². The van der Waals surface area contributed by atoms with Crippen molar-refractivity contribution in [3.63, 3.8) is 0 Å². The molecule has 1 aromatic heterocycles. The first-order valence-electron chi connectivity index (χ1n) is 7.60. The van der Waals surface area contributed by atoms with Crippen LogP contribution in [0.5, 0.6) is 0 Å². The normalized spacial score (nSPS) is 16.1. The van der Waals surface area contributed by atoms with Gasteiger partial charge < -0.3 is 30.7 Å². The van der Waals surface area contributed by atoms with Gasteiger partial charge >= 0.3 is 0 Å². The van der Waals surface area contributed by atoms with Crippen LogP contribution in [0.15, 0.2) is 22.8 Å². The molecular weight excluding hydrogens is 432 g/mol. The van der Waals surface area contributed by atoms with Gasteiger partial charge in [0, 0.05) is 34.1 Å². The Morgan fingerprint density at radius 1 is 1.27 bits per heavy atom. The number of halogens is 2. The number of aliphatic hydroxyl groups excluding tert-OH is 4. The van der Waals surface area contributed by atoms with Crippen molar-refractivity contribution < 1.29 is 30.0 Å². The first kappa shape index (κ1) is 20.8. The molecule has 0 aliphatic carbocycles. The van der Waals surface area contributed by atoms with E-state index < -0.39 is 42.7 Å². The van der Waals surface area contributed by atoms with E-state index in [0.29, 0.717) is 15.4 Å². The number of amides is 1. The predicted octanol–water partition coefficient (Wildman–Crippen LogP) is 0.346. The summed E-state index contributed by atoms with van der Waals surface area (Å²) >= 11 is 9.52. The Labute approximate surface area is 161 Å². The number of ketones is 1. The summed E-state index contributed by atoms with van der Waals surface area (Å²) < 4.78 is 0.549. The molecule has 0 bridgehead atoms. The number of nitrogens with one attached hydrogen (secondary N) is 2. The summed E-state index contributed by atoms with van der Waals surface area (Å²) in [7, 11) is 0. The molecule has 0 aliphatic heterocycles. The van der Waals surface area contributed by atoms with Crippen LogP contribution in [-0.2, 0) is 4.79 Å². The number of hydrogen-bond acceptors (Lipinski definition) is 6. The molecule has 0 unspecified atom stereocenters. The molecule has 2 aromatic rings. The summed E-state index contributed by atoms with van der Waals surface area (Å²) in [5.74, 6) is -1.34. The maximum Gasteiger partial charge on any atom is 0.217 e. The zero-order chi connectivity index (χ0) is 19.6. The van der Waals surface area contributed by atoms with Crippen LogP contribution < -0.4 is 5.32 Å². The molecule has 1 heterocycles. The lowest BCUT2D eigenvalue weighted by atomic mass is 9.94. The molecule has 8 nitrogen and oxygen atoms in total. The smallest absolute Gasteiger partial charge is 0.217 e. The minimum absolute atomic E-state index is 0.0924. The summed E-state index contributed by atoms with van der Waals surface area (Å²) in [5.41, 5.74) is 0.656. The SMILES string of the molecule is CC(=O)N[C@@H](C(=O)c1c[nH]c2ccc(Br)c(Cl)c12)[C@@H](O)[C@H](O)[C@H](O)CO. The van der Waals surface area contributed by atoms with E-state index in [4.69, 9.17) is 16.7 Å². The van der Waals surface area contributed by atoms with Crippen LogP contribution in [0.3, 0.4) is 0 Å². The highest BCUT2D eigenvalue weighted by atomic mass is 79.9. The zero-order valence-corrected chi connectivity index (χ0v) is 16.0. The fourth-order valence-electron chi connectivity index (χ4n) is 2.58. The van der Waals surface area contributed by atoms with E-state index in [2.05, 4.69) is 26.2 Å². The summed E-state index contributed by atoms with van der Waals surface area (Å²) in [6, 6.07) is 1.82. The second-order valence-corrected chi connectivity index (χ2v) is 6.99. The van der Waals surface area contributed by atoms with Gasteiger partial charge in [0.25, 0.3) is 0 Å². The Kier molecular flexibility index (Phi) is 6.78. The maximum absolute atomic E-state index is 13.0. The average Bonchev–Trinajstić information content (AvgIpc) is 3.04. The monoisotopic (exact) mass is 448 g/mol. The minimum atomic E-state index is -1.86. The standard InChI is InChI=1S/C16H18BrClN2O6/c1-6(22)20-13(16(26)15(25)10(23)5-21)14(24)7-4-19-9-3-2-8(17)12(18)11(7)9/h2-4,10,13,15-16,19,21,23,25-26H,5H2,1H3,(H,20,22)/t10-,13+,15-,16-/m1/s1. The van der Waals surface area contributed by atoms with Crippen molar-refractivity contribution in [1.29, 1.82) is 0 Å². The van der Waals surface area contributed by atoms with Crippen LogP contribution in [0, 0.1) is 0 Å². The number of aromatic nitrogens is 1. The number of aliphatic hydroxyl groups is 4. The van der Waals surface area contributed by atoms with Crippen molar-refractivity contribution in [2.75, 3.05) is 6.61 Å². The summed E-state index contributed by atoms with van der Waals surface area (Å²) in [6.07, 6.45) is -4.02. The first-order chi connectivity index (χ1) is 12.2. The quantitative estimate of drug-likeness (QED) is 0.337. The van der Waals surface area contributed by atoms with Gasteiger partial charge in [0.2, 0.25) is 5.91 Å². The van der Waals surface area contributed by atoms with Crippen molar-refractivity contribution in [1.82, 2.24) is 10.3 Å². The van der Waals surface area contributed by atoms with Crippen molar-refractivity contribution in [3.05, 3.63) is 33.4 Å². The highest BCUT2D eigenvalue weighted by Gasteiger charge is 2.37. The largest absolute Gasteiger partial charge is 0.394 e. The van der Waals surface area contributed by atoms with Gasteiger partial charge in [-0.2, -0.15) is 0 Å². The third-order valence-electron chi connectivity index (χ3n) is 3.92. The van der Waals surface area contributed by atoms with Gasteiger partial charge in [0.05, 0.1) is 11.6 Å². The summed E-state index contributed by atoms with van der Waals surface area (Å²) in [6.45, 7) is 0.311. The van der Waals surface area contributed by atoms with Crippen LogP contribution in [0.25, 0.3) is 10.9 Å². The number of aromatic amines is 1. The van der Waals surface area contributed by atoms with Crippen molar-refractivity contribution in [2.45, 2.75) is 31.3 Å². The van der Waals surface area contributed by atoms with Crippen LogP contribution in [0.2, 0.25) is 5.02 Å². The van der Waals surface area contributed by atoms with E-state index in [-0.39, 0.29) is 10.6 Å². The van der Waals surface area contributed by atoms with Gasteiger partial charge in [-0.15, -0.1) is 0 Å². The van der Waals surface area contributed by atoms with Gasteiger partial charge in [-0.3, -0.25) is 9.59 Å². The summed E-state index contributed by atoms with van der Waals surface area (Å²) in [4.78, 5) is 27.3. The molecule has 0 radical (unpaired) electrons. The lowest BCUT2D eigenvalue weighted by molar-refractivity contribution is -0.122. The van der Waals surface area contributed by atoms with Crippen molar-refractivity contribution in [2.24, 2.45) is 0 Å². The molecule has 10 heteroatoms. The number of benzene rings is 1. The molecule has 142 valence electrons. The first-order valence-corrected chi connectivity index (χ1v) is 8.77. The molecule has 0 aliphatic rings. The Bertz CT molecular complexity index is 826. The Hall–Kier alpha value is -1.49.